The van der Waals surface area contributed by atoms with Crippen LogP contribution in [0.1, 0.15) is 12.8 Å². The van der Waals surface area contributed by atoms with Crippen molar-refractivity contribution in [1.82, 2.24) is 15.0 Å². The van der Waals surface area contributed by atoms with E-state index in [-0.39, 0.29) is 5.28 Å². The number of aromatic nitrogens is 3. The van der Waals surface area contributed by atoms with Crippen LogP contribution in [0.5, 0.6) is 0 Å². The number of anilines is 1. The van der Waals surface area contributed by atoms with Gasteiger partial charge in [0, 0.05) is 19.4 Å². The van der Waals surface area contributed by atoms with Crippen LogP contribution in [-0.4, -0.2) is 40.5 Å². The van der Waals surface area contributed by atoms with Gasteiger partial charge in [-0.2, -0.15) is 15.0 Å². The largest absolute Gasteiger partial charge is 0.377 e. The third kappa shape index (κ3) is 3.20. The lowest BCUT2D eigenvalue weighted by atomic mass is 10.3. The molecule has 1 aliphatic heterocycles. The summed E-state index contributed by atoms with van der Waals surface area (Å²) in [7, 11) is 1.75. The van der Waals surface area contributed by atoms with Gasteiger partial charge in [0.15, 0.2) is 5.16 Å². The van der Waals surface area contributed by atoms with E-state index < -0.39 is 0 Å². The van der Waals surface area contributed by atoms with Crippen LogP contribution in [-0.2, 0) is 4.74 Å². The summed E-state index contributed by atoms with van der Waals surface area (Å²) < 4.78 is 5.52. The summed E-state index contributed by atoms with van der Waals surface area (Å²) in [5, 5.41) is 3.70. The molecule has 1 aliphatic rings. The Balaban J connectivity index is 1.94. The summed E-state index contributed by atoms with van der Waals surface area (Å²) in [6.45, 7) is 0.866. The normalized spacial score (nSPS) is 20.0. The van der Waals surface area contributed by atoms with Crippen molar-refractivity contribution in [2.24, 2.45) is 0 Å². The lowest BCUT2D eigenvalue weighted by Crippen LogP contribution is -2.09. The van der Waals surface area contributed by atoms with Crippen molar-refractivity contribution >= 4 is 29.3 Å². The molecule has 1 atom stereocenters. The first kappa shape index (κ1) is 11.9. The van der Waals surface area contributed by atoms with E-state index >= 15 is 0 Å². The molecule has 1 fully saturated rings. The monoisotopic (exact) mass is 260 g/mol. The minimum absolute atomic E-state index is 0.217. The summed E-state index contributed by atoms with van der Waals surface area (Å²) >= 11 is 7.33. The van der Waals surface area contributed by atoms with Gasteiger partial charge in [-0.15, -0.1) is 0 Å². The van der Waals surface area contributed by atoms with Crippen LogP contribution in [0.3, 0.4) is 0 Å². The molecule has 1 aromatic heterocycles. The molecule has 5 nitrogen and oxygen atoms in total. The summed E-state index contributed by atoms with van der Waals surface area (Å²) in [4.78, 5) is 12.2. The smallest absolute Gasteiger partial charge is 0.228 e. The van der Waals surface area contributed by atoms with Gasteiger partial charge < -0.3 is 10.1 Å². The first-order valence-corrected chi connectivity index (χ1v) is 6.48. The number of rotatable bonds is 4. The maximum atomic E-state index is 5.78. The average Bonchev–Trinajstić information content (AvgIpc) is 2.78. The van der Waals surface area contributed by atoms with Gasteiger partial charge >= 0.3 is 0 Å². The average molecular weight is 261 g/mol. The van der Waals surface area contributed by atoms with E-state index in [2.05, 4.69) is 20.3 Å². The van der Waals surface area contributed by atoms with Gasteiger partial charge in [-0.1, -0.05) is 11.8 Å². The van der Waals surface area contributed by atoms with E-state index in [0.29, 0.717) is 17.2 Å². The summed E-state index contributed by atoms with van der Waals surface area (Å²) in [6, 6.07) is 0. The highest BCUT2D eigenvalue weighted by Crippen LogP contribution is 2.22. The lowest BCUT2D eigenvalue weighted by Gasteiger charge is -2.08. The summed E-state index contributed by atoms with van der Waals surface area (Å²) in [6.07, 6.45) is 2.58. The van der Waals surface area contributed by atoms with E-state index in [0.717, 1.165) is 25.2 Å². The van der Waals surface area contributed by atoms with Crippen molar-refractivity contribution < 1.29 is 4.74 Å². The van der Waals surface area contributed by atoms with E-state index in [4.69, 9.17) is 16.3 Å². The van der Waals surface area contributed by atoms with E-state index in [1.54, 1.807) is 18.8 Å². The van der Waals surface area contributed by atoms with Gasteiger partial charge in [0.1, 0.15) is 0 Å². The summed E-state index contributed by atoms with van der Waals surface area (Å²) in [5.74, 6) is 1.36. The molecule has 1 N–H and O–H groups in total. The molecule has 2 rings (SSSR count). The molecule has 1 unspecified atom stereocenters. The molecule has 1 aromatic rings. The van der Waals surface area contributed by atoms with E-state index in [1.165, 1.54) is 0 Å². The second-order valence-electron chi connectivity index (χ2n) is 3.41. The quantitative estimate of drug-likeness (QED) is 0.834. The van der Waals surface area contributed by atoms with Gasteiger partial charge in [0.25, 0.3) is 0 Å². The second kappa shape index (κ2) is 5.65. The van der Waals surface area contributed by atoms with Crippen molar-refractivity contribution in [2.45, 2.75) is 24.1 Å². The van der Waals surface area contributed by atoms with Crippen molar-refractivity contribution in [3.63, 3.8) is 0 Å². The van der Waals surface area contributed by atoms with Crippen molar-refractivity contribution in [2.75, 3.05) is 24.7 Å². The van der Waals surface area contributed by atoms with Crippen LogP contribution in [0.15, 0.2) is 5.16 Å². The Bertz CT molecular complexity index is 359. The zero-order chi connectivity index (χ0) is 11.4. The first-order valence-electron chi connectivity index (χ1n) is 5.11. The molecule has 0 bridgehead atoms. The molecule has 0 aromatic carbocycles. The molecule has 7 heteroatoms. The first-order chi connectivity index (χ1) is 7.78. The van der Waals surface area contributed by atoms with Gasteiger partial charge in [-0.05, 0) is 24.4 Å². The van der Waals surface area contributed by atoms with Gasteiger partial charge in [-0.25, -0.2) is 0 Å². The maximum Gasteiger partial charge on any atom is 0.228 e. The topological polar surface area (TPSA) is 59.9 Å². The molecule has 2 heterocycles. The predicted molar refractivity (Wildman–Crippen MR) is 64.1 cm³/mol. The van der Waals surface area contributed by atoms with Crippen LogP contribution in [0.25, 0.3) is 0 Å². The minimum Gasteiger partial charge on any atom is -0.377 e. The zero-order valence-corrected chi connectivity index (χ0v) is 10.5. The Kier molecular flexibility index (Phi) is 4.20. The Hall–Kier alpha value is -0.590. The fraction of sp³-hybridized carbons (Fsp3) is 0.667. The third-order valence-corrected chi connectivity index (χ3v) is 3.38. The Morgan fingerprint density at radius 1 is 1.50 bits per heavy atom. The number of thioether (sulfide) groups is 1. The Morgan fingerprint density at radius 3 is 3.06 bits per heavy atom. The standard InChI is InChI=1S/C9H13ClN4OS/c1-11-8-12-7(10)13-9(14-8)16-5-6-3-2-4-15-6/h6H,2-5H2,1H3,(H,11,12,13,14). The highest BCUT2D eigenvalue weighted by atomic mass is 35.5. The van der Waals surface area contributed by atoms with Gasteiger partial charge in [0.05, 0.1) is 6.10 Å². The Morgan fingerprint density at radius 2 is 2.38 bits per heavy atom. The molecular formula is C9H13ClN4OS. The number of hydrogen-bond donors (Lipinski definition) is 1. The molecule has 0 amide bonds. The van der Waals surface area contributed by atoms with Crippen LogP contribution in [0, 0.1) is 0 Å². The summed E-state index contributed by atoms with van der Waals surface area (Å²) in [5.41, 5.74) is 0. The number of nitrogens with zero attached hydrogens (tertiary/aromatic N) is 3. The van der Waals surface area contributed by atoms with E-state index in [9.17, 15) is 0 Å². The van der Waals surface area contributed by atoms with Crippen molar-refractivity contribution in [1.29, 1.82) is 0 Å². The zero-order valence-electron chi connectivity index (χ0n) is 8.94. The number of halogens is 1. The third-order valence-electron chi connectivity index (χ3n) is 2.23. The highest BCUT2D eigenvalue weighted by molar-refractivity contribution is 7.99. The molecular weight excluding hydrogens is 248 g/mol. The van der Waals surface area contributed by atoms with Crippen LogP contribution in [0.4, 0.5) is 5.95 Å². The SMILES string of the molecule is CNc1nc(Cl)nc(SCC2CCCO2)n1. The fourth-order valence-electron chi connectivity index (χ4n) is 1.45. The van der Waals surface area contributed by atoms with Gasteiger partial charge in [0.2, 0.25) is 11.2 Å². The molecule has 0 aliphatic carbocycles. The van der Waals surface area contributed by atoms with E-state index in [1.807, 2.05) is 0 Å². The lowest BCUT2D eigenvalue weighted by molar-refractivity contribution is 0.129. The Labute approximate surface area is 103 Å². The molecule has 1 saturated heterocycles. The fourth-order valence-corrected chi connectivity index (χ4v) is 2.56. The van der Waals surface area contributed by atoms with Crippen molar-refractivity contribution in [3.05, 3.63) is 5.28 Å². The highest BCUT2D eigenvalue weighted by Gasteiger charge is 2.16. The number of nitrogens with one attached hydrogen (secondary N) is 1. The molecule has 0 radical (unpaired) electrons. The van der Waals surface area contributed by atoms with Crippen LogP contribution < -0.4 is 5.32 Å². The number of hydrogen-bond acceptors (Lipinski definition) is 6. The van der Waals surface area contributed by atoms with Crippen LogP contribution >= 0.6 is 23.4 Å². The second-order valence-corrected chi connectivity index (χ2v) is 4.73. The molecule has 16 heavy (non-hydrogen) atoms. The van der Waals surface area contributed by atoms with Crippen molar-refractivity contribution in [3.8, 4) is 0 Å². The molecule has 88 valence electrons. The predicted octanol–water partition coefficient (Wildman–Crippen LogP) is 1.84. The number of ether oxygens (including phenoxy) is 1. The van der Waals surface area contributed by atoms with Gasteiger partial charge in [-0.3, -0.25) is 0 Å². The van der Waals surface area contributed by atoms with Crippen LogP contribution in [0.2, 0.25) is 5.28 Å². The maximum absolute atomic E-state index is 5.78. The molecule has 0 saturated carbocycles. The minimum atomic E-state index is 0.217. The molecule has 0 spiro atoms.